The lowest BCUT2D eigenvalue weighted by molar-refractivity contribution is -0.376. The number of rotatable bonds is 1. The van der Waals surface area contributed by atoms with E-state index < -0.39 is 33.8 Å². The third-order valence-electron chi connectivity index (χ3n) is 2.14. The van der Waals surface area contributed by atoms with Crippen molar-refractivity contribution in [3.05, 3.63) is 34.1 Å². The van der Waals surface area contributed by atoms with Gasteiger partial charge in [-0.15, -0.1) is 0 Å². The van der Waals surface area contributed by atoms with E-state index in [0.29, 0.717) is 12.1 Å². The average molecular weight is 341 g/mol. The minimum absolute atomic E-state index is 0.0228. The number of hydrogen-bond donors (Lipinski definition) is 1. The highest BCUT2D eigenvalue weighted by atomic mass is 79.9. The molecule has 0 atom stereocenters. The van der Waals surface area contributed by atoms with Gasteiger partial charge in [-0.25, -0.2) is 4.39 Å². The molecule has 0 fully saturated rings. The van der Waals surface area contributed by atoms with Gasteiger partial charge in [0.1, 0.15) is 5.82 Å². The van der Waals surface area contributed by atoms with Gasteiger partial charge in [-0.2, -0.15) is 26.3 Å². The van der Waals surface area contributed by atoms with E-state index >= 15 is 0 Å². The summed E-state index contributed by atoms with van der Waals surface area (Å²) in [6, 6.07) is 1.28. The number of aliphatic hydroxyl groups is 1. The second-order valence-electron chi connectivity index (χ2n) is 3.33. The summed E-state index contributed by atoms with van der Waals surface area (Å²) in [5, 5.41) is 9.01. The predicted molar refractivity (Wildman–Crippen MR) is 50.1 cm³/mol. The van der Waals surface area contributed by atoms with Crippen LogP contribution in [0.4, 0.5) is 30.7 Å². The zero-order valence-corrected chi connectivity index (χ0v) is 9.79. The normalized spacial score (nSPS) is 13.8. The quantitative estimate of drug-likeness (QED) is 0.769. The van der Waals surface area contributed by atoms with Gasteiger partial charge < -0.3 is 5.11 Å². The number of halogens is 8. The van der Waals surface area contributed by atoms with Crippen LogP contribution in [-0.4, -0.2) is 17.5 Å². The van der Waals surface area contributed by atoms with Gasteiger partial charge >= 0.3 is 12.4 Å². The summed E-state index contributed by atoms with van der Waals surface area (Å²) in [4.78, 5) is 0. The van der Waals surface area contributed by atoms with Crippen LogP contribution in [0.1, 0.15) is 5.56 Å². The zero-order chi connectivity index (χ0) is 14.4. The Labute approximate surface area is 104 Å². The van der Waals surface area contributed by atoms with Gasteiger partial charge in [0.25, 0.3) is 5.60 Å². The molecule has 0 bridgehead atoms. The van der Waals surface area contributed by atoms with Gasteiger partial charge in [-0.05, 0) is 18.2 Å². The third kappa shape index (κ3) is 2.33. The molecule has 0 amide bonds. The summed E-state index contributed by atoms with van der Waals surface area (Å²) >= 11 is 2.42. The van der Waals surface area contributed by atoms with E-state index in [9.17, 15) is 30.7 Å². The molecule has 102 valence electrons. The molecule has 0 spiro atoms. The van der Waals surface area contributed by atoms with Crippen molar-refractivity contribution in [2.45, 2.75) is 18.0 Å². The Morgan fingerprint density at radius 3 is 1.78 bits per heavy atom. The zero-order valence-electron chi connectivity index (χ0n) is 8.20. The number of hydrogen-bond acceptors (Lipinski definition) is 1. The van der Waals surface area contributed by atoms with Crippen LogP contribution in [0.2, 0.25) is 0 Å². The van der Waals surface area contributed by atoms with Crippen LogP contribution in [0.15, 0.2) is 22.7 Å². The van der Waals surface area contributed by atoms with E-state index in [1.165, 1.54) is 0 Å². The Hall–Kier alpha value is -0.830. The van der Waals surface area contributed by atoms with Gasteiger partial charge in [0.15, 0.2) is 0 Å². The molecule has 0 aliphatic rings. The van der Waals surface area contributed by atoms with Crippen molar-refractivity contribution in [3.63, 3.8) is 0 Å². The van der Waals surface area contributed by atoms with Crippen molar-refractivity contribution in [2.75, 3.05) is 0 Å². The van der Waals surface area contributed by atoms with Crippen LogP contribution in [0.25, 0.3) is 0 Å². The third-order valence-corrected chi connectivity index (χ3v) is 2.83. The van der Waals surface area contributed by atoms with Crippen molar-refractivity contribution >= 4 is 15.9 Å². The molecule has 1 aromatic rings. The Bertz CT molecular complexity index is 437. The Morgan fingerprint density at radius 1 is 0.944 bits per heavy atom. The molecule has 0 aliphatic heterocycles. The van der Waals surface area contributed by atoms with E-state index in [0.717, 1.165) is 0 Å². The molecule has 0 radical (unpaired) electrons. The van der Waals surface area contributed by atoms with Gasteiger partial charge in [-0.1, -0.05) is 15.9 Å². The van der Waals surface area contributed by atoms with Gasteiger partial charge in [0, 0.05) is 10.0 Å². The lowest BCUT2D eigenvalue weighted by atomic mass is 9.92. The molecular formula is C9H4BrF7O. The summed E-state index contributed by atoms with van der Waals surface area (Å²) < 4.78 is 87.0. The fraction of sp³-hybridized carbons (Fsp3) is 0.333. The molecule has 0 saturated carbocycles. The van der Waals surface area contributed by atoms with Gasteiger partial charge in [0.2, 0.25) is 0 Å². The predicted octanol–water partition coefficient (Wildman–Crippen LogP) is 3.90. The van der Waals surface area contributed by atoms with E-state index in [1.54, 1.807) is 0 Å². The van der Waals surface area contributed by atoms with Crippen LogP contribution >= 0.6 is 15.9 Å². The highest BCUT2D eigenvalue weighted by molar-refractivity contribution is 9.10. The lowest BCUT2D eigenvalue weighted by Gasteiger charge is -2.33. The first-order chi connectivity index (χ1) is 7.91. The Morgan fingerprint density at radius 2 is 1.39 bits per heavy atom. The smallest absolute Gasteiger partial charge is 0.369 e. The Kier molecular flexibility index (Phi) is 3.70. The molecule has 1 rings (SSSR count). The van der Waals surface area contributed by atoms with Crippen molar-refractivity contribution in [2.24, 2.45) is 0 Å². The monoisotopic (exact) mass is 340 g/mol. The molecular weight excluding hydrogens is 337 g/mol. The molecule has 18 heavy (non-hydrogen) atoms. The van der Waals surface area contributed by atoms with E-state index in [-0.39, 0.29) is 6.07 Å². The van der Waals surface area contributed by atoms with Crippen LogP contribution in [0, 0.1) is 5.82 Å². The van der Waals surface area contributed by atoms with Crippen LogP contribution in [0.3, 0.4) is 0 Å². The maximum atomic E-state index is 12.8. The van der Waals surface area contributed by atoms with Crippen LogP contribution in [0.5, 0.6) is 0 Å². The SMILES string of the molecule is OC(c1cc(F)ccc1Br)(C(F)(F)F)C(F)(F)F. The summed E-state index contributed by atoms with van der Waals surface area (Å²) in [7, 11) is 0. The highest BCUT2D eigenvalue weighted by Crippen LogP contribution is 2.51. The largest absolute Gasteiger partial charge is 0.430 e. The summed E-state index contributed by atoms with van der Waals surface area (Å²) in [6.07, 6.45) is -12.1. The molecule has 1 aromatic carbocycles. The highest BCUT2D eigenvalue weighted by Gasteiger charge is 2.72. The van der Waals surface area contributed by atoms with Crippen molar-refractivity contribution in [1.29, 1.82) is 0 Å². The first-order valence-electron chi connectivity index (χ1n) is 4.22. The summed E-state index contributed by atoms with van der Waals surface area (Å²) in [5.41, 5.74) is -6.79. The van der Waals surface area contributed by atoms with Gasteiger partial charge in [0.05, 0.1) is 0 Å². The maximum Gasteiger partial charge on any atom is 0.430 e. The van der Waals surface area contributed by atoms with E-state index in [2.05, 4.69) is 15.9 Å². The molecule has 1 N–H and O–H groups in total. The summed E-state index contributed by atoms with van der Waals surface area (Å²) in [6.45, 7) is 0. The first-order valence-corrected chi connectivity index (χ1v) is 5.02. The molecule has 0 unspecified atom stereocenters. The molecule has 0 heterocycles. The average Bonchev–Trinajstić information content (AvgIpc) is 2.17. The number of benzene rings is 1. The molecule has 0 aliphatic carbocycles. The second-order valence-corrected chi connectivity index (χ2v) is 4.18. The first kappa shape index (κ1) is 15.2. The molecule has 1 nitrogen and oxygen atoms in total. The maximum absolute atomic E-state index is 12.8. The molecule has 0 aromatic heterocycles. The van der Waals surface area contributed by atoms with E-state index in [4.69, 9.17) is 5.11 Å². The Balaban J connectivity index is 3.61. The topological polar surface area (TPSA) is 20.2 Å². The van der Waals surface area contributed by atoms with Crippen molar-refractivity contribution in [1.82, 2.24) is 0 Å². The van der Waals surface area contributed by atoms with E-state index in [1.807, 2.05) is 0 Å². The fourth-order valence-corrected chi connectivity index (χ4v) is 1.77. The minimum atomic E-state index is -6.04. The van der Waals surface area contributed by atoms with Crippen LogP contribution in [-0.2, 0) is 5.60 Å². The second kappa shape index (κ2) is 4.37. The lowest BCUT2D eigenvalue weighted by Crippen LogP contribution is -2.54. The molecule has 9 heteroatoms. The number of alkyl halides is 6. The van der Waals surface area contributed by atoms with Crippen molar-refractivity contribution in [3.8, 4) is 0 Å². The summed E-state index contributed by atoms with van der Waals surface area (Å²) in [5.74, 6) is -1.33. The minimum Gasteiger partial charge on any atom is -0.369 e. The fourth-order valence-electron chi connectivity index (χ4n) is 1.24. The van der Waals surface area contributed by atoms with Crippen molar-refractivity contribution < 1.29 is 35.8 Å². The molecule has 0 saturated heterocycles. The van der Waals surface area contributed by atoms with Crippen LogP contribution < -0.4 is 0 Å². The standard InChI is InChI=1S/C9H4BrF7O/c10-6-2-1-4(11)3-5(6)7(18,8(12,13)14)9(15,16)17/h1-3,18H. The van der Waals surface area contributed by atoms with Gasteiger partial charge in [-0.3, -0.25) is 0 Å².